The average Bonchev–Trinajstić information content (AvgIpc) is 3.12. The third kappa shape index (κ3) is 5.21. The third-order valence-electron chi connectivity index (χ3n) is 5.52. The van der Waals surface area contributed by atoms with Crippen molar-refractivity contribution < 1.29 is 63.9 Å². The minimum absolute atomic E-state index is 0.0441. The van der Waals surface area contributed by atoms with Gasteiger partial charge in [0.15, 0.2) is 17.8 Å². The van der Waals surface area contributed by atoms with Crippen LogP contribution in [0.3, 0.4) is 0 Å². The molecule has 1 aromatic rings. The van der Waals surface area contributed by atoms with Gasteiger partial charge in [-0.1, -0.05) is 0 Å². The van der Waals surface area contributed by atoms with Crippen LogP contribution in [-0.4, -0.2) is 119 Å². The van der Waals surface area contributed by atoms with Crippen LogP contribution in [0.2, 0.25) is 0 Å². The van der Waals surface area contributed by atoms with Crippen LogP contribution >= 0.6 is 0 Å². The first-order valence-electron chi connectivity index (χ1n) is 10.0. The SMILES string of the molecule is COc1ccc(C(=O)O[C@@H]2O[C@H](CO[C@@H]3OC[C@](O)(CO)[C@H]3O)[C@@H](O)[C@H](O)[C@H]2O)cc1OC. The van der Waals surface area contributed by atoms with E-state index in [9.17, 15) is 35.4 Å². The molecule has 1 aromatic carbocycles. The fraction of sp³-hybridized carbons (Fsp3) is 0.650. The van der Waals surface area contributed by atoms with Gasteiger partial charge in [-0.05, 0) is 18.2 Å². The third-order valence-corrected chi connectivity index (χ3v) is 5.52. The first-order chi connectivity index (χ1) is 15.6. The van der Waals surface area contributed by atoms with Gasteiger partial charge in [-0.3, -0.25) is 0 Å². The molecular weight excluding hydrogens is 448 g/mol. The van der Waals surface area contributed by atoms with E-state index in [4.69, 9.17) is 28.4 Å². The molecule has 2 heterocycles. The van der Waals surface area contributed by atoms with Crippen LogP contribution in [0.1, 0.15) is 10.4 Å². The Bertz CT molecular complexity index is 819. The van der Waals surface area contributed by atoms with E-state index in [0.717, 1.165) is 0 Å². The summed E-state index contributed by atoms with van der Waals surface area (Å²) in [6, 6.07) is 4.22. The van der Waals surface area contributed by atoms with Crippen molar-refractivity contribution in [2.75, 3.05) is 34.0 Å². The fourth-order valence-corrected chi connectivity index (χ4v) is 3.41. The van der Waals surface area contributed by atoms with Crippen LogP contribution in [-0.2, 0) is 18.9 Å². The van der Waals surface area contributed by atoms with Crippen molar-refractivity contribution in [2.24, 2.45) is 0 Å². The van der Waals surface area contributed by atoms with Crippen molar-refractivity contribution in [2.45, 2.75) is 48.7 Å². The van der Waals surface area contributed by atoms with E-state index in [2.05, 4.69) is 0 Å². The molecule has 186 valence electrons. The number of benzene rings is 1. The summed E-state index contributed by atoms with van der Waals surface area (Å²) in [7, 11) is 2.81. The van der Waals surface area contributed by atoms with Crippen LogP contribution < -0.4 is 9.47 Å². The van der Waals surface area contributed by atoms with E-state index in [0.29, 0.717) is 5.75 Å². The second-order valence-corrected chi connectivity index (χ2v) is 7.71. The Hall–Kier alpha value is -2.07. The minimum atomic E-state index is -1.91. The molecule has 2 saturated heterocycles. The maximum absolute atomic E-state index is 12.5. The highest BCUT2D eigenvalue weighted by molar-refractivity contribution is 5.90. The van der Waals surface area contributed by atoms with Gasteiger partial charge in [0.05, 0.1) is 39.6 Å². The number of hydrogen-bond acceptors (Lipinski definition) is 13. The Morgan fingerprint density at radius 1 is 1.06 bits per heavy atom. The molecule has 0 aromatic heterocycles. The predicted molar refractivity (Wildman–Crippen MR) is 105 cm³/mol. The lowest BCUT2D eigenvalue weighted by Gasteiger charge is -2.40. The Labute approximate surface area is 188 Å². The zero-order valence-corrected chi connectivity index (χ0v) is 17.9. The van der Waals surface area contributed by atoms with Crippen LogP contribution in [0.4, 0.5) is 0 Å². The van der Waals surface area contributed by atoms with Crippen LogP contribution in [0, 0.1) is 0 Å². The molecule has 2 fully saturated rings. The van der Waals surface area contributed by atoms with Gasteiger partial charge in [-0.15, -0.1) is 0 Å². The van der Waals surface area contributed by atoms with Crippen molar-refractivity contribution in [1.82, 2.24) is 0 Å². The molecule has 0 saturated carbocycles. The van der Waals surface area contributed by atoms with Gasteiger partial charge in [0.2, 0.25) is 6.29 Å². The highest BCUT2D eigenvalue weighted by Crippen LogP contribution is 2.30. The fourth-order valence-electron chi connectivity index (χ4n) is 3.41. The molecule has 0 spiro atoms. The van der Waals surface area contributed by atoms with Gasteiger partial charge in [-0.2, -0.15) is 0 Å². The van der Waals surface area contributed by atoms with Gasteiger partial charge in [0, 0.05) is 0 Å². The van der Waals surface area contributed by atoms with Crippen molar-refractivity contribution in [3.8, 4) is 11.5 Å². The van der Waals surface area contributed by atoms with Crippen LogP contribution in [0.15, 0.2) is 18.2 Å². The van der Waals surface area contributed by atoms with Crippen molar-refractivity contribution >= 4 is 5.97 Å². The Morgan fingerprint density at radius 3 is 2.36 bits per heavy atom. The Morgan fingerprint density at radius 2 is 1.76 bits per heavy atom. The van der Waals surface area contributed by atoms with E-state index in [1.165, 1.54) is 32.4 Å². The predicted octanol–water partition coefficient (Wildman–Crippen LogP) is -2.87. The number of carbonyl (C=O) groups excluding carboxylic acids is 1. The molecule has 0 radical (unpaired) electrons. The molecule has 0 aliphatic carbocycles. The smallest absolute Gasteiger partial charge is 0.340 e. The van der Waals surface area contributed by atoms with Gasteiger partial charge in [0.25, 0.3) is 0 Å². The zero-order chi connectivity index (χ0) is 24.3. The number of aliphatic hydroxyl groups excluding tert-OH is 5. The largest absolute Gasteiger partial charge is 0.493 e. The first-order valence-corrected chi connectivity index (χ1v) is 10.0. The molecule has 0 bridgehead atoms. The van der Waals surface area contributed by atoms with Crippen LogP contribution in [0.25, 0.3) is 0 Å². The lowest BCUT2D eigenvalue weighted by atomic mass is 9.99. The van der Waals surface area contributed by atoms with E-state index in [1.807, 2.05) is 0 Å². The summed E-state index contributed by atoms with van der Waals surface area (Å²) in [5, 5.41) is 59.8. The van der Waals surface area contributed by atoms with Crippen LogP contribution in [0.5, 0.6) is 11.5 Å². The number of rotatable bonds is 8. The van der Waals surface area contributed by atoms with Crippen molar-refractivity contribution in [3.05, 3.63) is 23.8 Å². The van der Waals surface area contributed by atoms with Crippen molar-refractivity contribution in [1.29, 1.82) is 0 Å². The number of hydrogen-bond donors (Lipinski definition) is 6. The topological polar surface area (TPSA) is 194 Å². The quantitative estimate of drug-likeness (QED) is 0.210. The Balaban J connectivity index is 1.65. The molecule has 2 aliphatic rings. The number of ether oxygens (including phenoxy) is 6. The van der Waals surface area contributed by atoms with Gasteiger partial charge in [-0.25, -0.2) is 4.79 Å². The highest BCUT2D eigenvalue weighted by atomic mass is 16.7. The summed E-state index contributed by atoms with van der Waals surface area (Å²) >= 11 is 0. The van der Waals surface area contributed by atoms with Gasteiger partial charge in [0.1, 0.15) is 36.1 Å². The number of aliphatic hydroxyl groups is 6. The van der Waals surface area contributed by atoms with Gasteiger partial charge >= 0.3 is 5.97 Å². The molecule has 3 rings (SSSR count). The lowest BCUT2D eigenvalue weighted by molar-refractivity contribution is -0.295. The minimum Gasteiger partial charge on any atom is -0.493 e. The summed E-state index contributed by atoms with van der Waals surface area (Å²) < 4.78 is 31.2. The second kappa shape index (κ2) is 10.5. The van der Waals surface area contributed by atoms with E-state index >= 15 is 0 Å². The standard InChI is InChI=1S/C20H28O13/c1-28-10-4-3-9(5-11(10)29-2)17(26)33-18-15(24)14(23)13(22)12(32-18)6-30-19-16(25)20(27,7-21)8-31-19/h3-5,12-16,18-19,21-25,27H,6-8H2,1-2H3/t12-,13-,14+,15-,16+,18+,19-,20-/m1/s1. The van der Waals surface area contributed by atoms with E-state index < -0.39 is 74.5 Å². The first kappa shape index (κ1) is 25.6. The zero-order valence-electron chi connectivity index (χ0n) is 17.9. The molecule has 2 aliphatic heterocycles. The van der Waals surface area contributed by atoms with Gasteiger partial charge < -0.3 is 59.1 Å². The summed E-state index contributed by atoms with van der Waals surface area (Å²) in [4.78, 5) is 12.5. The second-order valence-electron chi connectivity index (χ2n) is 7.71. The maximum atomic E-state index is 12.5. The summed E-state index contributed by atoms with van der Waals surface area (Å²) in [6.07, 6.45) is -11.1. The molecule has 0 amide bonds. The summed E-state index contributed by atoms with van der Waals surface area (Å²) in [6.45, 7) is -1.63. The lowest BCUT2D eigenvalue weighted by Crippen LogP contribution is -2.60. The molecule has 8 atom stereocenters. The molecule has 13 heteroatoms. The molecule has 0 unspecified atom stereocenters. The number of carbonyl (C=O) groups is 1. The molecule has 6 N–H and O–H groups in total. The number of esters is 1. The summed E-state index contributed by atoms with van der Waals surface area (Å²) in [5.41, 5.74) is -1.87. The summed E-state index contributed by atoms with van der Waals surface area (Å²) in [5.74, 6) is -0.272. The van der Waals surface area contributed by atoms with Crippen molar-refractivity contribution in [3.63, 3.8) is 0 Å². The Kier molecular flexibility index (Phi) is 8.10. The van der Waals surface area contributed by atoms with E-state index in [-0.39, 0.29) is 11.3 Å². The maximum Gasteiger partial charge on any atom is 0.340 e. The molecule has 13 nitrogen and oxygen atoms in total. The molecular formula is C20H28O13. The normalized spacial score (nSPS) is 36.4. The monoisotopic (exact) mass is 476 g/mol. The molecule has 33 heavy (non-hydrogen) atoms. The highest BCUT2D eigenvalue weighted by Gasteiger charge is 2.50. The average molecular weight is 476 g/mol. The van der Waals surface area contributed by atoms with E-state index in [1.54, 1.807) is 0 Å². The number of methoxy groups -OCH3 is 2.